The Morgan fingerprint density at radius 2 is 2.13 bits per heavy atom. The Bertz CT molecular complexity index is 342. The van der Waals surface area contributed by atoms with E-state index in [-0.39, 0.29) is 6.10 Å². The van der Waals surface area contributed by atoms with Crippen molar-refractivity contribution < 1.29 is 14.6 Å². The highest BCUT2D eigenvalue weighted by molar-refractivity contribution is 5.33. The van der Waals surface area contributed by atoms with Crippen LogP contribution in [0.3, 0.4) is 0 Å². The second-order valence-corrected chi connectivity index (χ2v) is 4.22. The molecule has 3 heteroatoms. The average Bonchev–Trinajstić information content (AvgIpc) is 2.13. The summed E-state index contributed by atoms with van der Waals surface area (Å²) in [7, 11) is 0. The number of hydrogen-bond acceptors (Lipinski definition) is 3. The number of rotatable bonds is 3. The topological polar surface area (TPSA) is 38.7 Å². The van der Waals surface area contributed by atoms with Gasteiger partial charge in [0.2, 0.25) is 0 Å². The van der Waals surface area contributed by atoms with E-state index in [1.165, 1.54) is 0 Å². The van der Waals surface area contributed by atoms with Gasteiger partial charge in [-0.05, 0) is 31.5 Å². The van der Waals surface area contributed by atoms with Crippen molar-refractivity contribution in [3.05, 3.63) is 29.8 Å². The minimum atomic E-state index is -0.809. The van der Waals surface area contributed by atoms with Gasteiger partial charge in [-0.3, -0.25) is 0 Å². The summed E-state index contributed by atoms with van der Waals surface area (Å²) in [6.45, 7) is 4.71. The molecule has 0 atom stereocenters. The molecule has 1 aliphatic rings. The fraction of sp³-hybridized carbons (Fsp3) is 0.500. The lowest BCUT2D eigenvalue weighted by Crippen LogP contribution is -2.46. The molecule has 15 heavy (non-hydrogen) atoms. The Labute approximate surface area is 89.6 Å². The van der Waals surface area contributed by atoms with Gasteiger partial charge in [0.05, 0.1) is 19.3 Å². The van der Waals surface area contributed by atoms with Crippen LogP contribution in [0.25, 0.3) is 0 Å². The second-order valence-electron chi connectivity index (χ2n) is 4.22. The summed E-state index contributed by atoms with van der Waals surface area (Å²) in [6.07, 6.45) is 0.146. The van der Waals surface area contributed by atoms with E-state index in [9.17, 15) is 5.11 Å². The summed E-state index contributed by atoms with van der Waals surface area (Å²) in [5.41, 5.74) is 0.0583. The summed E-state index contributed by atoms with van der Waals surface area (Å²) in [5.74, 6) is 0.794. The van der Waals surface area contributed by atoms with Crippen molar-refractivity contribution in [2.45, 2.75) is 25.6 Å². The van der Waals surface area contributed by atoms with Gasteiger partial charge in [0.1, 0.15) is 11.4 Å². The van der Waals surface area contributed by atoms with Crippen molar-refractivity contribution in [1.82, 2.24) is 0 Å². The van der Waals surface area contributed by atoms with Crippen LogP contribution in [0.5, 0.6) is 5.75 Å². The summed E-state index contributed by atoms with van der Waals surface area (Å²) in [4.78, 5) is 0. The first-order valence-corrected chi connectivity index (χ1v) is 5.17. The van der Waals surface area contributed by atoms with Crippen LogP contribution >= 0.6 is 0 Å². The van der Waals surface area contributed by atoms with E-state index >= 15 is 0 Å². The van der Waals surface area contributed by atoms with Crippen LogP contribution in [-0.4, -0.2) is 24.4 Å². The molecule has 1 saturated heterocycles. The predicted octanol–water partition coefficient (Wildman–Crippen LogP) is 1.69. The number of aliphatic hydroxyl groups is 1. The highest BCUT2D eigenvalue weighted by Gasteiger charge is 2.38. The smallest absolute Gasteiger partial charge is 0.136 e. The number of benzene rings is 1. The van der Waals surface area contributed by atoms with Crippen molar-refractivity contribution in [3.8, 4) is 5.75 Å². The van der Waals surface area contributed by atoms with E-state index in [0.717, 1.165) is 11.3 Å². The van der Waals surface area contributed by atoms with E-state index in [1.54, 1.807) is 0 Å². The molecule has 1 fully saturated rings. The van der Waals surface area contributed by atoms with Gasteiger partial charge >= 0.3 is 0 Å². The van der Waals surface area contributed by atoms with Crippen LogP contribution in [0, 0.1) is 0 Å². The molecule has 2 rings (SSSR count). The third kappa shape index (κ3) is 2.13. The Kier molecular flexibility index (Phi) is 2.67. The predicted molar refractivity (Wildman–Crippen MR) is 56.9 cm³/mol. The minimum Gasteiger partial charge on any atom is -0.491 e. The quantitative estimate of drug-likeness (QED) is 0.821. The van der Waals surface area contributed by atoms with Crippen LogP contribution in [-0.2, 0) is 10.3 Å². The van der Waals surface area contributed by atoms with E-state index in [2.05, 4.69) is 0 Å². The maximum atomic E-state index is 10.1. The van der Waals surface area contributed by atoms with Gasteiger partial charge in [0, 0.05) is 0 Å². The van der Waals surface area contributed by atoms with Gasteiger partial charge < -0.3 is 14.6 Å². The van der Waals surface area contributed by atoms with E-state index in [4.69, 9.17) is 9.47 Å². The SMILES string of the molecule is CC(C)Oc1cccc(C2(O)COC2)c1. The summed E-state index contributed by atoms with van der Waals surface area (Å²) < 4.78 is 10.6. The maximum absolute atomic E-state index is 10.1. The van der Waals surface area contributed by atoms with Gasteiger partial charge in [-0.15, -0.1) is 0 Å². The molecule has 0 bridgehead atoms. The zero-order chi connectivity index (χ0) is 10.9. The molecule has 1 aromatic rings. The third-order valence-corrected chi connectivity index (χ3v) is 2.42. The molecule has 1 aromatic carbocycles. The molecular weight excluding hydrogens is 192 g/mol. The summed E-state index contributed by atoms with van der Waals surface area (Å²) >= 11 is 0. The van der Waals surface area contributed by atoms with Crippen LogP contribution in [0.15, 0.2) is 24.3 Å². The molecule has 1 aliphatic heterocycles. The monoisotopic (exact) mass is 208 g/mol. The maximum Gasteiger partial charge on any atom is 0.136 e. The molecule has 1 heterocycles. The van der Waals surface area contributed by atoms with Crippen LogP contribution in [0.1, 0.15) is 19.4 Å². The Balaban J connectivity index is 2.19. The highest BCUT2D eigenvalue weighted by atomic mass is 16.5. The first-order chi connectivity index (χ1) is 7.10. The molecule has 0 radical (unpaired) electrons. The number of hydrogen-bond donors (Lipinski definition) is 1. The van der Waals surface area contributed by atoms with Crippen molar-refractivity contribution in [3.63, 3.8) is 0 Å². The van der Waals surface area contributed by atoms with Gasteiger partial charge in [-0.25, -0.2) is 0 Å². The van der Waals surface area contributed by atoms with Crippen molar-refractivity contribution >= 4 is 0 Å². The second kappa shape index (κ2) is 3.83. The van der Waals surface area contributed by atoms with E-state index < -0.39 is 5.60 Å². The van der Waals surface area contributed by atoms with Crippen LogP contribution in [0.4, 0.5) is 0 Å². The lowest BCUT2D eigenvalue weighted by atomic mass is 9.92. The molecule has 0 aromatic heterocycles. The van der Waals surface area contributed by atoms with Crippen molar-refractivity contribution in [2.75, 3.05) is 13.2 Å². The zero-order valence-corrected chi connectivity index (χ0v) is 9.06. The van der Waals surface area contributed by atoms with Crippen LogP contribution in [0.2, 0.25) is 0 Å². The normalized spacial score (nSPS) is 18.7. The average molecular weight is 208 g/mol. The van der Waals surface area contributed by atoms with E-state index in [0.29, 0.717) is 13.2 Å². The zero-order valence-electron chi connectivity index (χ0n) is 9.06. The highest BCUT2D eigenvalue weighted by Crippen LogP contribution is 2.31. The Hall–Kier alpha value is -1.06. The molecule has 0 amide bonds. The fourth-order valence-electron chi connectivity index (χ4n) is 1.59. The minimum absolute atomic E-state index is 0.146. The lowest BCUT2D eigenvalue weighted by Gasteiger charge is -2.36. The molecule has 0 unspecified atom stereocenters. The molecule has 0 saturated carbocycles. The van der Waals surface area contributed by atoms with Gasteiger partial charge in [-0.2, -0.15) is 0 Å². The standard InChI is InChI=1S/C12H16O3/c1-9(2)15-11-5-3-4-10(6-11)12(13)7-14-8-12/h3-6,9,13H,7-8H2,1-2H3. The first-order valence-electron chi connectivity index (χ1n) is 5.17. The van der Waals surface area contributed by atoms with Gasteiger partial charge in [0.25, 0.3) is 0 Å². The molecule has 1 N–H and O–H groups in total. The summed E-state index contributed by atoms with van der Waals surface area (Å²) in [5, 5.41) is 10.1. The lowest BCUT2D eigenvalue weighted by molar-refractivity contribution is -0.184. The van der Waals surface area contributed by atoms with Crippen LogP contribution < -0.4 is 4.74 Å². The Morgan fingerprint density at radius 1 is 1.40 bits per heavy atom. The molecule has 0 spiro atoms. The van der Waals surface area contributed by atoms with Crippen molar-refractivity contribution in [1.29, 1.82) is 0 Å². The molecule has 0 aliphatic carbocycles. The molecule has 3 nitrogen and oxygen atoms in total. The molecule has 82 valence electrons. The third-order valence-electron chi connectivity index (χ3n) is 2.42. The fourth-order valence-corrected chi connectivity index (χ4v) is 1.59. The first kappa shape index (κ1) is 10.5. The number of ether oxygens (including phenoxy) is 2. The van der Waals surface area contributed by atoms with Gasteiger partial charge in [-0.1, -0.05) is 12.1 Å². The van der Waals surface area contributed by atoms with E-state index in [1.807, 2.05) is 38.1 Å². The summed E-state index contributed by atoms with van der Waals surface area (Å²) in [6, 6.07) is 7.56. The van der Waals surface area contributed by atoms with Crippen molar-refractivity contribution in [2.24, 2.45) is 0 Å². The van der Waals surface area contributed by atoms with Gasteiger partial charge in [0.15, 0.2) is 0 Å². The Morgan fingerprint density at radius 3 is 2.67 bits per heavy atom. The molecular formula is C12H16O3. The largest absolute Gasteiger partial charge is 0.491 e.